The number of benzene rings is 2. The van der Waals surface area contributed by atoms with Crippen molar-refractivity contribution in [1.29, 1.82) is 0 Å². The number of rotatable bonds is 4. The van der Waals surface area contributed by atoms with E-state index >= 15 is 0 Å². The fourth-order valence-corrected chi connectivity index (χ4v) is 1.94. The van der Waals surface area contributed by atoms with Gasteiger partial charge in [-0.3, -0.25) is 0 Å². The summed E-state index contributed by atoms with van der Waals surface area (Å²) in [6.45, 7) is 0.689. The van der Waals surface area contributed by atoms with E-state index < -0.39 is 5.82 Å². The van der Waals surface area contributed by atoms with Crippen LogP contribution in [0, 0.1) is 5.82 Å². The van der Waals surface area contributed by atoms with Gasteiger partial charge < -0.3 is 10.5 Å². The quantitative estimate of drug-likeness (QED) is 0.919. The van der Waals surface area contributed by atoms with Crippen molar-refractivity contribution in [1.82, 2.24) is 0 Å². The Balaban J connectivity index is 2.07. The second kappa shape index (κ2) is 6.24. The lowest BCUT2D eigenvalue weighted by Crippen LogP contribution is -2.00. The van der Waals surface area contributed by atoms with E-state index in [1.807, 2.05) is 12.1 Å². The summed E-state index contributed by atoms with van der Waals surface area (Å²) < 4.78 is 18.7. The molecular weight excluding hydrogens is 288 g/mol. The van der Waals surface area contributed by atoms with Crippen LogP contribution in [0.4, 0.5) is 4.39 Å². The third-order valence-corrected chi connectivity index (χ3v) is 3.30. The summed E-state index contributed by atoms with van der Waals surface area (Å²) in [4.78, 5) is 0. The van der Waals surface area contributed by atoms with Gasteiger partial charge in [0.15, 0.2) is 0 Å². The van der Waals surface area contributed by atoms with Crippen molar-refractivity contribution in [2.45, 2.75) is 13.2 Å². The van der Waals surface area contributed by atoms with Crippen LogP contribution in [0.1, 0.15) is 11.1 Å². The molecule has 0 saturated heterocycles. The van der Waals surface area contributed by atoms with Crippen LogP contribution in [0.3, 0.4) is 0 Å². The molecule has 0 radical (unpaired) electrons. The Morgan fingerprint density at radius 2 is 1.84 bits per heavy atom. The fraction of sp³-hybridized carbons (Fsp3) is 0.143. The lowest BCUT2D eigenvalue weighted by molar-refractivity contribution is 0.304. The maximum absolute atomic E-state index is 13.2. The molecule has 2 aromatic rings. The summed E-state index contributed by atoms with van der Waals surface area (Å²) in [6.07, 6.45) is 0. The smallest absolute Gasteiger partial charge is 0.145 e. The average Bonchev–Trinajstić information content (AvgIpc) is 2.41. The monoisotopic (exact) mass is 299 g/mol. The molecular formula is C14H12Cl2FNO. The second-order valence-corrected chi connectivity index (χ2v) is 4.81. The molecule has 100 valence electrons. The third-order valence-electron chi connectivity index (χ3n) is 2.64. The third kappa shape index (κ3) is 3.60. The first-order valence-corrected chi connectivity index (χ1v) is 6.41. The number of hydrogen-bond acceptors (Lipinski definition) is 2. The fourth-order valence-electron chi connectivity index (χ4n) is 1.56. The number of hydrogen-bond donors (Lipinski definition) is 1. The SMILES string of the molecule is NCc1ccc(COc2ccc(Cl)c(F)c2)c(Cl)c1. The van der Waals surface area contributed by atoms with Crippen molar-refractivity contribution < 1.29 is 9.13 Å². The van der Waals surface area contributed by atoms with Crippen LogP contribution >= 0.6 is 23.2 Å². The Morgan fingerprint density at radius 1 is 1.05 bits per heavy atom. The Kier molecular flexibility index (Phi) is 4.64. The van der Waals surface area contributed by atoms with Crippen LogP contribution in [0.25, 0.3) is 0 Å². The van der Waals surface area contributed by atoms with E-state index in [2.05, 4.69) is 0 Å². The van der Waals surface area contributed by atoms with Gasteiger partial charge in [-0.2, -0.15) is 0 Å². The van der Waals surface area contributed by atoms with Crippen molar-refractivity contribution in [3.63, 3.8) is 0 Å². The average molecular weight is 300 g/mol. The standard InChI is InChI=1S/C14H12Cl2FNO/c15-12-4-3-11(6-14(12)17)19-8-10-2-1-9(7-18)5-13(10)16/h1-6H,7-8,18H2. The molecule has 0 bridgehead atoms. The van der Waals surface area contributed by atoms with Crippen molar-refractivity contribution in [3.05, 3.63) is 63.4 Å². The topological polar surface area (TPSA) is 35.2 Å². The Hall–Kier alpha value is -1.29. The maximum Gasteiger partial charge on any atom is 0.145 e. The molecule has 0 saturated carbocycles. The molecule has 0 fully saturated rings. The van der Waals surface area contributed by atoms with E-state index in [4.69, 9.17) is 33.7 Å². The molecule has 0 aliphatic carbocycles. The van der Waals surface area contributed by atoms with Gasteiger partial charge in [-0.15, -0.1) is 0 Å². The van der Waals surface area contributed by atoms with Gasteiger partial charge >= 0.3 is 0 Å². The second-order valence-electron chi connectivity index (χ2n) is 3.99. The maximum atomic E-state index is 13.2. The Bertz CT molecular complexity index is 590. The molecule has 0 amide bonds. The highest BCUT2D eigenvalue weighted by molar-refractivity contribution is 6.31. The summed E-state index contributed by atoms with van der Waals surface area (Å²) in [5.74, 6) is -0.107. The highest BCUT2D eigenvalue weighted by atomic mass is 35.5. The Labute approximate surface area is 120 Å². The molecule has 0 aliphatic heterocycles. The zero-order valence-corrected chi connectivity index (χ0v) is 11.5. The van der Waals surface area contributed by atoms with Crippen LogP contribution in [0.2, 0.25) is 10.0 Å². The minimum Gasteiger partial charge on any atom is -0.489 e. The summed E-state index contributed by atoms with van der Waals surface area (Å²) >= 11 is 11.7. The van der Waals surface area contributed by atoms with Crippen molar-refractivity contribution >= 4 is 23.2 Å². The van der Waals surface area contributed by atoms with Gasteiger partial charge in [-0.1, -0.05) is 35.3 Å². The predicted molar refractivity (Wildman–Crippen MR) is 75.1 cm³/mol. The van der Waals surface area contributed by atoms with E-state index in [1.54, 1.807) is 12.1 Å². The molecule has 2 rings (SSSR count). The summed E-state index contributed by atoms with van der Waals surface area (Å²) in [6, 6.07) is 9.82. The first-order valence-electron chi connectivity index (χ1n) is 5.65. The highest BCUT2D eigenvalue weighted by Crippen LogP contribution is 2.23. The van der Waals surface area contributed by atoms with Gasteiger partial charge in [0, 0.05) is 23.2 Å². The van der Waals surface area contributed by atoms with E-state index in [0.717, 1.165) is 11.1 Å². The molecule has 2 aromatic carbocycles. The van der Waals surface area contributed by atoms with E-state index in [9.17, 15) is 4.39 Å². The zero-order valence-electron chi connectivity index (χ0n) is 10.00. The number of ether oxygens (including phenoxy) is 1. The summed E-state index contributed by atoms with van der Waals surface area (Å²) in [5.41, 5.74) is 7.28. The van der Waals surface area contributed by atoms with Crippen LogP contribution in [-0.2, 0) is 13.2 Å². The summed E-state index contributed by atoms with van der Waals surface area (Å²) in [5, 5.41) is 0.648. The van der Waals surface area contributed by atoms with Gasteiger partial charge in [0.25, 0.3) is 0 Å². The highest BCUT2D eigenvalue weighted by Gasteiger charge is 2.05. The normalized spacial score (nSPS) is 10.5. The number of nitrogens with two attached hydrogens (primary N) is 1. The largest absolute Gasteiger partial charge is 0.489 e. The Morgan fingerprint density at radius 3 is 2.47 bits per heavy atom. The molecule has 2 N–H and O–H groups in total. The lowest BCUT2D eigenvalue weighted by atomic mass is 10.1. The molecule has 0 unspecified atom stereocenters. The van der Waals surface area contributed by atoms with Gasteiger partial charge in [0.1, 0.15) is 18.2 Å². The van der Waals surface area contributed by atoms with E-state index in [-0.39, 0.29) is 11.6 Å². The molecule has 0 aliphatic rings. The van der Waals surface area contributed by atoms with Crippen molar-refractivity contribution in [2.75, 3.05) is 0 Å². The predicted octanol–water partition coefficient (Wildman–Crippen LogP) is 4.17. The van der Waals surface area contributed by atoms with E-state index in [1.165, 1.54) is 12.1 Å². The molecule has 2 nitrogen and oxygen atoms in total. The first-order chi connectivity index (χ1) is 9.10. The molecule has 5 heteroatoms. The van der Waals surface area contributed by atoms with Gasteiger partial charge in [0.2, 0.25) is 0 Å². The molecule has 0 aromatic heterocycles. The van der Waals surface area contributed by atoms with Gasteiger partial charge in [-0.25, -0.2) is 4.39 Å². The van der Waals surface area contributed by atoms with E-state index in [0.29, 0.717) is 17.3 Å². The minimum atomic E-state index is -0.510. The molecule has 0 heterocycles. The minimum absolute atomic E-state index is 0.0673. The molecule has 0 atom stereocenters. The number of halogens is 3. The van der Waals surface area contributed by atoms with Crippen LogP contribution < -0.4 is 10.5 Å². The lowest BCUT2D eigenvalue weighted by Gasteiger charge is -2.09. The van der Waals surface area contributed by atoms with Gasteiger partial charge in [0.05, 0.1) is 5.02 Å². The van der Waals surface area contributed by atoms with Gasteiger partial charge in [-0.05, 0) is 23.8 Å². The molecule has 19 heavy (non-hydrogen) atoms. The molecule has 0 spiro atoms. The first kappa shape index (κ1) is 14.1. The van der Waals surface area contributed by atoms with Crippen LogP contribution in [0.15, 0.2) is 36.4 Å². The van der Waals surface area contributed by atoms with Crippen molar-refractivity contribution in [3.8, 4) is 5.75 Å². The zero-order chi connectivity index (χ0) is 13.8. The summed E-state index contributed by atoms with van der Waals surface area (Å²) in [7, 11) is 0. The van der Waals surface area contributed by atoms with Crippen LogP contribution in [-0.4, -0.2) is 0 Å². The van der Waals surface area contributed by atoms with Crippen molar-refractivity contribution in [2.24, 2.45) is 5.73 Å². The van der Waals surface area contributed by atoms with Crippen LogP contribution in [0.5, 0.6) is 5.75 Å².